The van der Waals surface area contributed by atoms with Gasteiger partial charge >= 0.3 is 12.6 Å². The number of hydrogen-bond acceptors (Lipinski definition) is 6. The minimum absolute atomic E-state index is 0.0177. The lowest BCUT2D eigenvalue weighted by molar-refractivity contribution is -0.0512. The van der Waals surface area contributed by atoms with Crippen molar-refractivity contribution in [3.8, 4) is 22.6 Å². The maximum atomic E-state index is 12.9. The van der Waals surface area contributed by atoms with Gasteiger partial charge in [-0.3, -0.25) is 4.79 Å². The Kier molecular flexibility index (Phi) is 7.42. The molecule has 1 aromatic heterocycles. The lowest BCUT2D eigenvalue weighted by Gasteiger charge is -2.12. The van der Waals surface area contributed by atoms with Crippen LogP contribution in [0.25, 0.3) is 11.1 Å². The number of hydrogen-bond donors (Lipinski definition) is 1. The number of thiophene rings is 1. The third-order valence-electron chi connectivity index (χ3n) is 4.50. The van der Waals surface area contributed by atoms with Crippen molar-refractivity contribution in [1.29, 1.82) is 0 Å². The molecule has 0 radical (unpaired) electrons. The number of nitrogens with one attached hydrogen (secondary N) is 1. The molecule has 1 heterocycles. The Balaban J connectivity index is 1.98. The van der Waals surface area contributed by atoms with Gasteiger partial charge in [0.1, 0.15) is 10.6 Å². The Morgan fingerprint density at radius 2 is 1.81 bits per heavy atom. The maximum Gasteiger partial charge on any atom is 0.387 e. The number of ether oxygens (including phenoxy) is 3. The van der Waals surface area contributed by atoms with Gasteiger partial charge in [0, 0.05) is 16.0 Å². The smallest absolute Gasteiger partial charge is 0.387 e. The fourth-order valence-electron chi connectivity index (χ4n) is 3.16. The number of halogens is 2. The maximum absolute atomic E-state index is 12.9. The molecular weight excluding hydrogens is 440 g/mol. The Bertz CT molecular complexity index is 1120. The fourth-order valence-corrected chi connectivity index (χ4v) is 4.22. The van der Waals surface area contributed by atoms with Gasteiger partial charge in [0.25, 0.3) is 5.91 Å². The summed E-state index contributed by atoms with van der Waals surface area (Å²) in [6.07, 6.45) is 0. The number of carbonyl (C=O) groups is 2. The van der Waals surface area contributed by atoms with Gasteiger partial charge in [-0.25, -0.2) is 4.79 Å². The molecule has 0 bridgehead atoms. The number of benzene rings is 2. The molecule has 0 aliphatic carbocycles. The van der Waals surface area contributed by atoms with Crippen molar-refractivity contribution in [2.24, 2.45) is 0 Å². The predicted molar refractivity (Wildman–Crippen MR) is 118 cm³/mol. The van der Waals surface area contributed by atoms with Crippen molar-refractivity contribution >= 4 is 28.2 Å². The van der Waals surface area contributed by atoms with Crippen LogP contribution in [-0.4, -0.2) is 32.2 Å². The molecule has 32 heavy (non-hydrogen) atoms. The van der Waals surface area contributed by atoms with Crippen LogP contribution in [0.3, 0.4) is 0 Å². The molecule has 0 saturated carbocycles. The molecule has 1 amide bonds. The second-order valence-corrected chi connectivity index (χ2v) is 7.75. The first kappa shape index (κ1) is 23.2. The molecule has 0 fully saturated rings. The van der Waals surface area contributed by atoms with E-state index in [2.05, 4.69) is 10.1 Å². The third kappa shape index (κ3) is 5.05. The number of carbonyl (C=O) groups excluding carboxylic acids is 2. The summed E-state index contributed by atoms with van der Waals surface area (Å²) < 4.78 is 39.8. The first-order chi connectivity index (χ1) is 15.3. The van der Waals surface area contributed by atoms with E-state index in [4.69, 9.17) is 9.47 Å². The van der Waals surface area contributed by atoms with Crippen molar-refractivity contribution in [1.82, 2.24) is 0 Å². The second kappa shape index (κ2) is 10.2. The first-order valence-corrected chi connectivity index (χ1v) is 10.5. The molecule has 3 rings (SSSR count). The highest BCUT2D eigenvalue weighted by molar-refractivity contribution is 7.17. The predicted octanol–water partition coefficient (Wildman–Crippen LogP) is 5.76. The monoisotopic (exact) mass is 461 g/mol. The summed E-state index contributed by atoms with van der Waals surface area (Å²) >= 11 is 1.25. The van der Waals surface area contributed by atoms with Crippen molar-refractivity contribution in [3.63, 3.8) is 0 Å². The van der Waals surface area contributed by atoms with Crippen LogP contribution in [0.15, 0.2) is 48.5 Å². The molecule has 0 aliphatic rings. The number of anilines is 1. The molecule has 168 valence electrons. The largest absolute Gasteiger partial charge is 0.493 e. The zero-order valence-corrected chi connectivity index (χ0v) is 18.4. The molecular formula is C23H21F2NO5S. The standard InChI is InChI=1S/C23H21F2NO5S/c1-4-30-22(28)19-18(14-8-6-5-7-9-14)13(2)32-21(19)26-20(27)15-10-11-16(31-23(24)25)17(12-15)29-3/h5-12,23H,4H2,1-3H3,(H,26,27). The number of amides is 1. The Labute approximate surface area is 187 Å². The number of methoxy groups -OCH3 is 1. The van der Waals surface area contributed by atoms with Gasteiger partial charge < -0.3 is 19.5 Å². The summed E-state index contributed by atoms with van der Waals surface area (Å²) in [6, 6.07) is 13.2. The number of alkyl halides is 2. The molecule has 1 N–H and O–H groups in total. The van der Waals surface area contributed by atoms with Gasteiger partial charge in [0.2, 0.25) is 0 Å². The molecule has 2 aromatic carbocycles. The van der Waals surface area contributed by atoms with Crippen LogP contribution >= 0.6 is 11.3 Å². The quantitative estimate of drug-likeness (QED) is 0.432. The van der Waals surface area contributed by atoms with Crippen molar-refractivity contribution in [2.75, 3.05) is 19.0 Å². The van der Waals surface area contributed by atoms with E-state index in [9.17, 15) is 18.4 Å². The summed E-state index contributed by atoms with van der Waals surface area (Å²) in [5, 5.41) is 3.07. The average molecular weight is 461 g/mol. The van der Waals surface area contributed by atoms with E-state index in [-0.39, 0.29) is 29.2 Å². The van der Waals surface area contributed by atoms with Gasteiger partial charge in [-0.15, -0.1) is 11.3 Å². The summed E-state index contributed by atoms with van der Waals surface area (Å²) in [5.41, 5.74) is 1.91. The lowest BCUT2D eigenvalue weighted by Crippen LogP contribution is -2.15. The van der Waals surface area contributed by atoms with Gasteiger partial charge in [-0.05, 0) is 37.6 Å². The highest BCUT2D eigenvalue weighted by atomic mass is 32.1. The van der Waals surface area contributed by atoms with E-state index in [1.165, 1.54) is 36.6 Å². The summed E-state index contributed by atoms with van der Waals surface area (Å²) in [6.45, 7) is 0.705. The van der Waals surface area contributed by atoms with Crippen LogP contribution in [0.4, 0.5) is 13.8 Å². The highest BCUT2D eigenvalue weighted by Crippen LogP contribution is 2.40. The summed E-state index contributed by atoms with van der Waals surface area (Å²) in [5.74, 6) is -1.30. The molecule has 0 saturated heterocycles. The van der Waals surface area contributed by atoms with E-state index in [1.807, 2.05) is 37.3 Å². The van der Waals surface area contributed by atoms with E-state index >= 15 is 0 Å². The Morgan fingerprint density at radius 3 is 2.44 bits per heavy atom. The first-order valence-electron chi connectivity index (χ1n) is 9.65. The minimum Gasteiger partial charge on any atom is -0.493 e. The highest BCUT2D eigenvalue weighted by Gasteiger charge is 2.26. The van der Waals surface area contributed by atoms with Crippen LogP contribution in [0.2, 0.25) is 0 Å². The Hall–Kier alpha value is -3.46. The zero-order chi connectivity index (χ0) is 23.3. The van der Waals surface area contributed by atoms with Gasteiger partial charge in [0.05, 0.1) is 13.7 Å². The van der Waals surface area contributed by atoms with Crippen LogP contribution in [0.5, 0.6) is 11.5 Å². The molecule has 0 atom stereocenters. The van der Waals surface area contributed by atoms with E-state index < -0.39 is 18.5 Å². The number of aryl methyl sites for hydroxylation is 1. The summed E-state index contributed by atoms with van der Waals surface area (Å²) in [7, 11) is 1.28. The molecule has 0 spiro atoms. The lowest BCUT2D eigenvalue weighted by atomic mass is 10.0. The van der Waals surface area contributed by atoms with Crippen molar-refractivity contribution in [3.05, 3.63) is 64.5 Å². The molecule has 3 aromatic rings. The van der Waals surface area contributed by atoms with Crippen LogP contribution < -0.4 is 14.8 Å². The normalized spacial score (nSPS) is 10.7. The molecule has 6 nitrogen and oxygen atoms in total. The number of esters is 1. The average Bonchev–Trinajstić information content (AvgIpc) is 3.09. The van der Waals surface area contributed by atoms with Gasteiger partial charge in [0.15, 0.2) is 11.5 Å². The van der Waals surface area contributed by atoms with Crippen LogP contribution in [-0.2, 0) is 4.74 Å². The SMILES string of the molecule is CCOC(=O)c1c(NC(=O)c2ccc(OC(F)F)c(OC)c2)sc(C)c1-c1ccccc1. The zero-order valence-electron chi connectivity index (χ0n) is 17.6. The van der Waals surface area contributed by atoms with E-state index in [0.29, 0.717) is 10.6 Å². The van der Waals surface area contributed by atoms with E-state index in [1.54, 1.807) is 6.92 Å². The molecule has 9 heteroatoms. The fraction of sp³-hybridized carbons (Fsp3) is 0.217. The van der Waals surface area contributed by atoms with E-state index in [0.717, 1.165) is 10.4 Å². The second-order valence-electron chi connectivity index (χ2n) is 6.52. The topological polar surface area (TPSA) is 73.9 Å². The minimum atomic E-state index is -3.03. The van der Waals surface area contributed by atoms with Crippen LogP contribution in [0.1, 0.15) is 32.5 Å². The molecule has 0 aliphatic heterocycles. The van der Waals surface area contributed by atoms with Crippen LogP contribution in [0, 0.1) is 6.92 Å². The number of rotatable bonds is 8. The third-order valence-corrected chi connectivity index (χ3v) is 5.52. The van der Waals surface area contributed by atoms with Gasteiger partial charge in [-0.1, -0.05) is 30.3 Å². The van der Waals surface area contributed by atoms with Gasteiger partial charge in [-0.2, -0.15) is 8.78 Å². The summed E-state index contributed by atoms with van der Waals surface area (Å²) in [4.78, 5) is 26.5. The molecule has 0 unspecified atom stereocenters. The van der Waals surface area contributed by atoms with Crippen molar-refractivity contribution in [2.45, 2.75) is 20.5 Å². The van der Waals surface area contributed by atoms with Crippen molar-refractivity contribution < 1.29 is 32.6 Å². The Morgan fingerprint density at radius 1 is 1.09 bits per heavy atom.